The highest BCUT2D eigenvalue weighted by Gasteiger charge is 2.58. The second kappa shape index (κ2) is 4.98. The molecule has 1 unspecified atom stereocenters. The topological polar surface area (TPSA) is 37.3 Å². The van der Waals surface area contributed by atoms with Crippen LogP contribution in [-0.4, -0.2) is 11.1 Å². The fourth-order valence-corrected chi connectivity index (χ4v) is 7.48. The number of carboxylic acids is 1. The Morgan fingerprint density at radius 2 is 1.77 bits per heavy atom. The Labute approximate surface area is 135 Å². The van der Waals surface area contributed by atoms with Gasteiger partial charge in [0.1, 0.15) is 0 Å². The maximum atomic E-state index is 11.4. The summed E-state index contributed by atoms with van der Waals surface area (Å²) in [7, 11) is 0. The van der Waals surface area contributed by atoms with Gasteiger partial charge in [-0.15, -0.1) is 0 Å². The number of carbonyl (C=O) groups is 1. The number of aliphatic carboxylic acids is 1. The van der Waals surface area contributed by atoms with Crippen molar-refractivity contribution in [2.24, 2.45) is 40.4 Å². The van der Waals surface area contributed by atoms with Gasteiger partial charge in [0.05, 0.1) is 5.92 Å². The maximum absolute atomic E-state index is 11.4. The summed E-state index contributed by atoms with van der Waals surface area (Å²) < 4.78 is 0. The van der Waals surface area contributed by atoms with Gasteiger partial charge in [0.15, 0.2) is 0 Å². The first-order valence-corrected chi connectivity index (χ1v) is 9.67. The Bertz CT molecular complexity index is 472. The molecule has 22 heavy (non-hydrogen) atoms. The van der Waals surface area contributed by atoms with Crippen LogP contribution < -0.4 is 0 Å². The molecule has 0 aromatic carbocycles. The minimum Gasteiger partial charge on any atom is -0.481 e. The van der Waals surface area contributed by atoms with Gasteiger partial charge >= 0.3 is 5.97 Å². The maximum Gasteiger partial charge on any atom is 0.306 e. The molecule has 7 atom stereocenters. The number of carboxylic acid groups (broad SMARTS) is 1. The largest absolute Gasteiger partial charge is 0.481 e. The average Bonchev–Trinajstić information content (AvgIpc) is 2.88. The summed E-state index contributed by atoms with van der Waals surface area (Å²) in [6.45, 7) is 5.10. The van der Waals surface area contributed by atoms with Crippen LogP contribution in [0.5, 0.6) is 0 Å². The lowest BCUT2D eigenvalue weighted by atomic mass is 9.45. The third-order valence-corrected chi connectivity index (χ3v) is 8.80. The quantitative estimate of drug-likeness (QED) is 0.730. The number of rotatable bonds is 1. The van der Waals surface area contributed by atoms with E-state index in [1.165, 1.54) is 51.4 Å². The highest BCUT2D eigenvalue weighted by Crippen LogP contribution is 2.66. The third-order valence-electron chi connectivity index (χ3n) is 8.80. The van der Waals surface area contributed by atoms with E-state index in [9.17, 15) is 9.90 Å². The van der Waals surface area contributed by atoms with Crippen molar-refractivity contribution in [2.45, 2.75) is 78.1 Å². The molecule has 1 N–H and O–H groups in total. The van der Waals surface area contributed by atoms with E-state index in [1.54, 1.807) is 0 Å². The minimum atomic E-state index is -0.545. The van der Waals surface area contributed by atoms with Crippen LogP contribution in [-0.2, 0) is 4.79 Å². The van der Waals surface area contributed by atoms with Gasteiger partial charge in [-0.2, -0.15) is 0 Å². The number of hydrogen-bond acceptors (Lipinski definition) is 1. The molecular formula is C20H32O2. The molecule has 0 radical (unpaired) electrons. The molecule has 4 saturated carbocycles. The monoisotopic (exact) mass is 304 g/mol. The zero-order chi connectivity index (χ0) is 15.5. The molecule has 0 amide bonds. The third kappa shape index (κ3) is 2.01. The van der Waals surface area contributed by atoms with E-state index in [0.29, 0.717) is 16.7 Å². The SMILES string of the molecule is C[C@@]12CCC[C@H]1[C@@H]1CC[C@H]3CC(C(=O)O)CC[C@]3(C)[C@H]1CC2. The highest BCUT2D eigenvalue weighted by molar-refractivity contribution is 5.70. The number of fused-ring (bicyclic) bond motifs is 5. The second-order valence-corrected chi connectivity index (χ2v) is 9.55. The van der Waals surface area contributed by atoms with Crippen molar-refractivity contribution in [3.05, 3.63) is 0 Å². The van der Waals surface area contributed by atoms with Crippen LogP contribution in [0.15, 0.2) is 0 Å². The molecule has 0 saturated heterocycles. The van der Waals surface area contributed by atoms with Crippen LogP contribution in [0.25, 0.3) is 0 Å². The van der Waals surface area contributed by atoms with Crippen molar-refractivity contribution >= 4 is 5.97 Å². The molecule has 4 rings (SSSR count). The van der Waals surface area contributed by atoms with Crippen molar-refractivity contribution in [1.82, 2.24) is 0 Å². The first-order chi connectivity index (χ1) is 10.4. The van der Waals surface area contributed by atoms with E-state index < -0.39 is 5.97 Å². The normalized spacial score (nSPS) is 54.2. The molecule has 2 heteroatoms. The van der Waals surface area contributed by atoms with Gasteiger partial charge in [-0.1, -0.05) is 20.3 Å². The van der Waals surface area contributed by atoms with Crippen molar-refractivity contribution in [1.29, 1.82) is 0 Å². The van der Waals surface area contributed by atoms with E-state index in [2.05, 4.69) is 13.8 Å². The lowest BCUT2D eigenvalue weighted by Crippen LogP contribution is -2.53. The molecule has 4 aliphatic rings. The first-order valence-electron chi connectivity index (χ1n) is 9.67. The van der Waals surface area contributed by atoms with Gasteiger partial charge in [-0.3, -0.25) is 4.79 Å². The van der Waals surface area contributed by atoms with Gasteiger partial charge in [0.2, 0.25) is 0 Å². The molecular weight excluding hydrogens is 272 g/mol. The van der Waals surface area contributed by atoms with Gasteiger partial charge in [0, 0.05) is 0 Å². The molecule has 0 aliphatic heterocycles. The average molecular weight is 304 g/mol. The molecule has 0 heterocycles. The summed E-state index contributed by atoms with van der Waals surface area (Å²) >= 11 is 0. The van der Waals surface area contributed by atoms with E-state index >= 15 is 0 Å². The van der Waals surface area contributed by atoms with Crippen molar-refractivity contribution in [3.8, 4) is 0 Å². The Balaban J connectivity index is 1.58. The molecule has 2 nitrogen and oxygen atoms in total. The predicted molar refractivity (Wildman–Crippen MR) is 87.5 cm³/mol. The second-order valence-electron chi connectivity index (χ2n) is 9.55. The summed E-state index contributed by atoms with van der Waals surface area (Å²) in [5.74, 6) is 2.88. The lowest BCUT2D eigenvalue weighted by Gasteiger charge is -2.60. The standard InChI is InChI=1S/C20H32O2/c1-19-9-3-4-16(19)15-6-5-14-12-13(18(21)22)7-11-20(14,2)17(15)8-10-19/h13-17H,3-12H2,1-2H3,(H,21,22)/t13?,14-,15-,16-,17-,19-,20-/m0/s1. The predicted octanol–water partition coefficient (Wildman–Crippen LogP) is 5.12. The van der Waals surface area contributed by atoms with Crippen molar-refractivity contribution in [2.75, 3.05) is 0 Å². The van der Waals surface area contributed by atoms with E-state index in [0.717, 1.165) is 30.6 Å². The molecule has 0 aromatic heterocycles. The molecule has 124 valence electrons. The zero-order valence-corrected chi connectivity index (χ0v) is 14.3. The van der Waals surface area contributed by atoms with Crippen LogP contribution >= 0.6 is 0 Å². The summed E-state index contributed by atoms with van der Waals surface area (Å²) in [5, 5.41) is 9.40. The number of hydrogen-bond donors (Lipinski definition) is 1. The molecule has 0 bridgehead atoms. The van der Waals surface area contributed by atoms with Gasteiger partial charge in [-0.25, -0.2) is 0 Å². The highest BCUT2D eigenvalue weighted by atomic mass is 16.4. The van der Waals surface area contributed by atoms with E-state index in [1.807, 2.05) is 0 Å². The summed E-state index contributed by atoms with van der Waals surface area (Å²) in [6, 6.07) is 0. The van der Waals surface area contributed by atoms with Crippen LogP contribution in [0, 0.1) is 40.4 Å². The van der Waals surface area contributed by atoms with Crippen LogP contribution in [0.2, 0.25) is 0 Å². The van der Waals surface area contributed by atoms with Gasteiger partial charge in [-0.05, 0) is 92.3 Å². The summed E-state index contributed by atoms with van der Waals surface area (Å²) in [6.07, 6.45) is 13.0. The van der Waals surface area contributed by atoms with E-state index in [-0.39, 0.29) is 5.92 Å². The smallest absolute Gasteiger partial charge is 0.306 e. The van der Waals surface area contributed by atoms with Gasteiger partial charge in [0.25, 0.3) is 0 Å². The Hall–Kier alpha value is -0.530. The summed E-state index contributed by atoms with van der Waals surface area (Å²) in [5.41, 5.74) is 1.08. The molecule has 0 aromatic rings. The Kier molecular flexibility index (Phi) is 3.40. The Morgan fingerprint density at radius 3 is 2.55 bits per heavy atom. The Morgan fingerprint density at radius 1 is 0.955 bits per heavy atom. The molecule has 0 spiro atoms. The molecule has 4 aliphatic carbocycles. The fraction of sp³-hybridized carbons (Fsp3) is 0.950. The van der Waals surface area contributed by atoms with Crippen molar-refractivity contribution < 1.29 is 9.90 Å². The fourth-order valence-electron chi connectivity index (χ4n) is 7.48. The minimum absolute atomic E-state index is 0.0602. The van der Waals surface area contributed by atoms with E-state index in [4.69, 9.17) is 0 Å². The zero-order valence-electron chi connectivity index (χ0n) is 14.3. The van der Waals surface area contributed by atoms with Crippen LogP contribution in [0.1, 0.15) is 78.1 Å². The van der Waals surface area contributed by atoms with Crippen molar-refractivity contribution in [3.63, 3.8) is 0 Å². The van der Waals surface area contributed by atoms with Crippen LogP contribution in [0.4, 0.5) is 0 Å². The molecule has 4 fully saturated rings. The summed E-state index contributed by atoms with van der Waals surface area (Å²) in [4.78, 5) is 11.4. The lowest BCUT2D eigenvalue weighted by molar-refractivity contribution is -0.151. The first kappa shape index (κ1) is 15.0. The van der Waals surface area contributed by atoms with Gasteiger partial charge < -0.3 is 5.11 Å². The van der Waals surface area contributed by atoms with Crippen LogP contribution in [0.3, 0.4) is 0 Å².